The number of para-hydroxylation sites is 1. The van der Waals surface area contributed by atoms with E-state index in [1.54, 1.807) is 26.0 Å². The molecule has 3 rings (SSSR count). The monoisotopic (exact) mass is 458 g/mol. The van der Waals surface area contributed by atoms with Gasteiger partial charge in [0.25, 0.3) is 15.9 Å². The van der Waals surface area contributed by atoms with E-state index in [0.717, 1.165) is 24.0 Å². The van der Waals surface area contributed by atoms with E-state index < -0.39 is 15.9 Å². The Morgan fingerprint density at radius 1 is 1.00 bits per heavy atom. The van der Waals surface area contributed by atoms with E-state index in [9.17, 15) is 13.2 Å². The van der Waals surface area contributed by atoms with Gasteiger partial charge in [0.2, 0.25) is 0 Å². The number of aryl methyl sites for hydroxylation is 2. The lowest BCUT2D eigenvalue weighted by Crippen LogP contribution is -2.39. The number of fused-ring (bicyclic) bond motifs is 1. The highest BCUT2D eigenvalue weighted by molar-refractivity contribution is 7.97. The number of hydrogen-bond acceptors (Lipinski definition) is 5. The minimum absolute atomic E-state index is 0.167. The van der Waals surface area contributed by atoms with Crippen molar-refractivity contribution in [2.24, 2.45) is 0 Å². The van der Waals surface area contributed by atoms with Gasteiger partial charge in [0.05, 0.1) is 19.9 Å². The number of nitrogens with one attached hydrogen (secondary N) is 1. The number of amides is 1. The largest absolute Gasteiger partial charge is 0.493 e. The maximum absolute atomic E-state index is 13.5. The van der Waals surface area contributed by atoms with Crippen LogP contribution in [0.5, 0.6) is 11.5 Å². The molecule has 0 saturated heterocycles. The number of nitrogens with zero attached hydrogens (tertiary/aromatic N) is 1. The summed E-state index contributed by atoms with van der Waals surface area (Å²) in [6.07, 6.45) is 1.43. The van der Waals surface area contributed by atoms with Crippen molar-refractivity contribution in [3.63, 3.8) is 0 Å². The average Bonchev–Trinajstić information content (AvgIpc) is 2.78. The molecule has 0 aliphatic carbocycles. The molecule has 8 heteroatoms. The second-order valence-corrected chi connectivity index (χ2v) is 9.26. The summed E-state index contributed by atoms with van der Waals surface area (Å²) in [5.41, 5.74) is 4.05. The maximum Gasteiger partial charge on any atom is 0.270 e. The highest BCUT2D eigenvalue weighted by atomic mass is 32.2. The summed E-state index contributed by atoms with van der Waals surface area (Å²) >= 11 is 0. The van der Waals surface area contributed by atoms with Gasteiger partial charge < -0.3 is 14.8 Å². The fourth-order valence-corrected chi connectivity index (χ4v) is 5.88. The predicted octanol–water partition coefficient (Wildman–Crippen LogP) is 4.37. The molecule has 0 fully saturated rings. The van der Waals surface area contributed by atoms with Crippen LogP contribution in [0.4, 0.5) is 11.4 Å². The van der Waals surface area contributed by atoms with Gasteiger partial charge in [0, 0.05) is 23.9 Å². The first kappa shape index (κ1) is 23.7. The summed E-state index contributed by atoms with van der Waals surface area (Å²) in [7, 11) is -1.06. The Morgan fingerprint density at radius 3 is 2.06 bits per heavy atom. The third-order valence-electron chi connectivity index (χ3n) is 5.79. The van der Waals surface area contributed by atoms with Crippen molar-refractivity contribution in [2.75, 3.05) is 30.4 Å². The van der Waals surface area contributed by atoms with Crippen LogP contribution in [0.25, 0.3) is 5.57 Å². The lowest BCUT2D eigenvalue weighted by Gasteiger charge is -2.32. The molecule has 2 aromatic rings. The normalized spacial score (nSPS) is 14.8. The van der Waals surface area contributed by atoms with Crippen LogP contribution < -0.4 is 19.1 Å². The molecule has 0 atom stereocenters. The Balaban J connectivity index is 2.21. The van der Waals surface area contributed by atoms with Gasteiger partial charge in [-0.1, -0.05) is 32.0 Å². The molecule has 32 heavy (non-hydrogen) atoms. The zero-order valence-electron chi connectivity index (χ0n) is 19.4. The van der Waals surface area contributed by atoms with E-state index in [-0.39, 0.29) is 11.4 Å². The Morgan fingerprint density at radius 2 is 1.56 bits per heavy atom. The van der Waals surface area contributed by atoms with E-state index in [4.69, 9.17) is 9.47 Å². The van der Waals surface area contributed by atoms with Crippen molar-refractivity contribution in [1.29, 1.82) is 0 Å². The van der Waals surface area contributed by atoms with Gasteiger partial charge in [-0.2, -0.15) is 0 Å². The number of sulfonamides is 1. The third kappa shape index (κ3) is 3.83. The van der Waals surface area contributed by atoms with Crippen molar-refractivity contribution in [3.05, 3.63) is 51.9 Å². The standard InChI is InChI=1S/C24H30N2O5S/c1-7-16-11-10-12-17(8-2)22(16)25-24(27)23-15(4)18-13-20(30-5)21(31-6)14-19(18)26(9-3)32(23,28)29/h10-14H,7-9H2,1-6H3,(H,25,27). The molecular weight excluding hydrogens is 428 g/mol. The van der Waals surface area contributed by atoms with Gasteiger partial charge in [-0.05, 0) is 49.5 Å². The summed E-state index contributed by atoms with van der Waals surface area (Å²) in [5.74, 6) is 0.243. The van der Waals surface area contributed by atoms with E-state index >= 15 is 0 Å². The van der Waals surface area contributed by atoms with Crippen LogP contribution in [-0.2, 0) is 27.7 Å². The molecule has 0 bridgehead atoms. The highest BCUT2D eigenvalue weighted by Crippen LogP contribution is 2.45. The molecule has 1 heterocycles. The van der Waals surface area contributed by atoms with Crippen LogP contribution in [0.1, 0.15) is 44.4 Å². The summed E-state index contributed by atoms with van der Waals surface area (Å²) in [6.45, 7) is 7.55. The number of anilines is 2. The topological polar surface area (TPSA) is 84.9 Å². The first-order chi connectivity index (χ1) is 15.2. The fraction of sp³-hybridized carbons (Fsp3) is 0.375. The smallest absolute Gasteiger partial charge is 0.270 e. The average molecular weight is 459 g/mol. The third-order valence-corrected chi connectivity index (χ3v) is 7.84. The van der Waals surface area contributed by atoms with Crippen LogP contribution in [0.2, 0.25) is 0 Å². The molecule has 0 unspecified atom stereocenters. The van der Waals surface area contributed by atoms with Crippen LogP contribution in [0.15, 0.2) is 35.2 Å². The molecular formula is C24H30N2O5S. The second kappa shape index (κ2) is 9.24. The highest BCUT2D eigenvalue weighted by Gasteiger charge is 2.40. The Bertz CT molecular complexity index is 1160. The number of allylic oxidation sites excluding steroid dienone is 1. The number of hydrogen-bond donors (Lipinski definition) is 1. The lowest BCUT2D eigenvalue weighted by atomic mass is 10.0. The summed E-state index contributed by atoms with van der Waals surface area (Å²) < 4.78 is 39.1. The van der Waals surface area contributed by atoms with Crippen LogP contribution in [-0.4, -0.2) is 35.1 Å². The molecule has 1 aliphatic rings. The molecule has 0 aromatic heterocycles. The SMILES string of the molecule is CCc1cccc(CC)c1NC(=O)C1=C(C)c2cc(OC)c(OC)cc2N(CC)S1(=O)=O. The van der Waals surface area contributed by atoms with Crippen molar-refractivity contribution in [3.8, 4) is 11.5 Å². The first-order valence-electron chi connectivity index (χ1n) is 10.7. The van der Waals surface area contributed by atoms with E-state index in [1.165, 1.54) is 18.5 Å². The summed E-state index contributed by atoms with van der Waals surface area (Å²) in [6, 6.07) is 9.18. The Labute approximate surface area is 190 Å². The fourth-order valence-electron chi connectivity index (χ4n) is 4.13. The minimum Gasteiger partial charge on any atom is -0.493 e. The molecule has 172 valence electrons. The number of carbonyl (C=O) groups excluding carboxylic acids is 1. The Kier molecular flexibility index (Phi) is 6.83. The number of benzene rings is 2. The van der Waals surface area contributed by atoms with Gasteiger partial charge in [0.15, 0.2) is 16.4 Å². The van der Waals surface area contributed by atoms with E-state index in [1.807, 2.05) is 32.0 Å². The van der Waals surface area contributed by atoms with Gasteiger partial charge in [-0.15, -0.1) is 0 Å². The molecule has 1 aliphatic heterocycles. The number of carbonyl (C=O) groups is 1. The van der Waals surface area contributed by atoms with Crippen molar-refractivity contribution in [2.45, 2.75) is 40.5 Å². The molecule has 7 nitrogen and oxygen atoms in total. The lowest BCUT2D eigenvalue weighted by molar-refractivity contribution is -0.112. The molecule has 0 saturated carbocycles. The second-order valence-electron chi connectivity index (χ2n) is 7.46. The molecule has 0 radical (unpaired) electrons. The zero-order chi connectivity index (χ0) is 23.6. The van der Waals surface area contributed by atoms with Crippen molar-refractivity contribution < 1.29 is 22.7 Å². The van der Waals surface area contributed by atoms with Gasteiger partial charge in [0.1, 0.15) is 0 Å². The van der Waals surface area contributed by atoms with Gasteiger partial charge in [-0.25, -0.2) is 8.42 Å². The van der Waals surface area contributed by atoms with Crippen molar-refractivity contribution >= 4 is 32.9 Å². The van der Waals surface area contributed by atoms with Crippen LogP contribution in [0.3, 0.4) is 0 Å². The van der Waals surface area contributed by atoms with Gasteiger partial charge >= 0.3 is 0 Å². The van der Waals surface area contributed by atoms with Gasteiger partial charge in [-0.3, -0.25) is 9.10 Å². The van der Waals surface area contributed by atoms with E-state index in [0.29, 0.717) is 34.0 Å². The first-order valence-corrected chi connectivity index (χ1v) is 12.1. The van der Waals surface area contributed by atoms with Crippen LogP contribution >= 0.6 is 0 Å². The summed E-state index contributed by atoms with van der Waals surface area (Å²) in [5, 5.41) is 2.90. The van der Waals surface area contributed by atoms with Crippen LogP contribution in [0, 0.1) is 0 Å². The molecule has 1 amide bonds. The minimum atomic E-state index is -4.08. The number of methoxy groups -OCH3 is 2. The number of ether oxygens (including phenoxy) is 2. The molecule has 0 spiro atoms. The van der Waals surface area contributed by atoms with E-state index in [2.05, 4.69) is 5.32 Å². The predicted molar refractivity (Wildman–Crippen MR) is 128 cm³/mol. The van der Waals surface area contributed by atoms with Crippen molar-refractivity contribution in [1.82, 2.24) is 0 Å². The summed E-state index contributed by atoms with van der Waals surface area (Å²) in [4.78, 5) is 13.2. The Hall–Kier alpha value is -3.00. The molecule has 2 aromatic carbocycles. The number of rotatable bonds is 7. The zero-order valence-corrected chi connectivity index (χ0v) is 20.2. The maximum atomic E-state index is 13.5. The molecule has 1 N–H and O–H groups in total. The quantitative estimate of drug-likeness (QED) is 0.666.